The molecule has 1 aromatic heterocycles. The van der Waals surface area contributed by atoms with E-state index in [-0.39, 0.29) is 6.10 Å². The highest BCUT2D eigenvalue weighted by atomic mass is 16.5. The molecule has 0 spiro atoms. The van der Waals surface area contributed by atoms with Gasteiger partial charge in [0.15, 0.2) is 5.96 Å². The summed E-state index contributed by atoms with van der Waals surface area (Å²) in [6, 6.07) is 9.43. The van der Waals surface area contributed by atoms with Gasteiger partial charge in [-0.25, -0.2) is 0 Å². The van der Waals surface area contributed by atoms with Crippen LogP contribution in [-0.4, -0.2) is 46.6 Å². The number of hydrogen-bond acceptors (Lipinski definition) is 4. The van der Waals surface area contributed by atoms with E-state index in [0.29, 0.717) is 12.5 Å². The highest BCUT2D eigenvalue weighted by Gasteiger charge is 2.08. The molecule has 7 heteroatoms. The summed E-state index contributed by atoms with van der Waals surface area (Å²) in [6.07, 6.45) is 4.14. The number of hydrogen-bond donors (Lipinski definition) is 3. The zero-order valence-electron chi connectivity index (χ0n) is 16.4. The van der Waals surface area contributed by atoms with Crippen molar-refractivity contribution < 1.29 is 9.84 Å². The molecule has 1 heterocycles. The summed E-state index contributed by atoms with van der Waals surface area (Å²) in [5.74, 6) is 1.51. The Balaban J connectivity index is 1.81. The Morgan fingerprint density at radius 3 is 2.67 bits per heavy atom. The molecule has 2 aromatic rings. The number of aromatic nitrogens is 2. The van der Waals surface area contributed by atoms with Gasteiger partial charge in [-0.1, -0.05) is 12.1 Å². The molecular formula is C20H31N5O2. The summed E-state index contributed by atoms with van der Waals surface area (Å²) in [6.45, 7) is 8.69. The van der Waals surface area contributed by atoms with Crippen LogP contribution in [0, 0.1) is 0 Å². The maximum atomic E-state index is 10.4. The van der Waals surface area contributed by atoms with Crippen molar-refractivity contribution in [1.29, 1.82) is 0 Å². The molecule has 0 bridgehead atoms. The van der Waals surface area contributed by atoms with Crippen LogP contribution in [0.15, 0.2) is 47.7 Å². The number of aryl methyl sites for hydroxylation is 1. The van der Waals surface area contributed by atoms with Gasteiger partial charge in [0.25, 0.3) is 0 Å². The first-order valence-corrected chi connectivity index (χ1v) is 9.52. The van der Waals surface area contributed by atoms with Crippen molar-refractivity contribution in [1.82, 2.24) is 20.4 Å². The molecule has 0 saturated carbocycles. The van der Waals surface area contributed by atoms with Gasteiger partial charge in [-0.15, -0.1) is 0 Å². The highest BCUT2D eigenvalue weighted by molar-refractivity contribution is 5.79. The minimum Gasteiger partial charge on any atom is -0.491 e. The summed E-state index contributed by atoms with van der Waals surface area (Å²) >= 11 is 0. The predicted molar refractivity (Wildman–Crippen MR) is 108 cm³/mol. The molecule has 0 aliphatic carbocycles. The molecule has 148 valence electrons. The van der Waals surface area contributed by atoms with Gasteiger partial charge < -0.3 is 20.5 Å². The molecule has 27 heavy (non-hydrogen) atoms. The highest BCUT2D eigenvalue weighted by Crippen LogP contribution is 2.19. The maximum absolute atomic E-state index is 10.4. The van der Waals surface area contributed by atoms with E-state index in [0.717, 1.165) is 37.4 Å². The van der Waals surface area contributed by atoms with Gasteiger partial charge in [-0.05, 0) is 51.0 Å². The normalized spacial score (nSPS) is 12.9. The van der Waals surface area contributed by atoms with Crippen molar-refractivity contribution in [3.05, 3.63) is 48.3 Å². The van der Waals surface area contributed by atoms with Crippen LogP contribution in [0.4, 0.5) is 0 Å². The van der Waals surface area contributed by atoms with Gasteiger partial charge in [0, 0.05) is 32.0 Å². The monoisotopic (exact) mass is 373 g/mol. The predicted octanol–water partition coefficient (Wildman–Crippen LogP) is 2.35. The van der Waals surface area contributed by atoms with Gasteiger partial charge in [-0.2, -0.15) is 5.10 Å². The van der Waals surface area contributed by atoms with Gasteiger partial charge in [-0.3, -0.25) is 9.67 Å². The molecule has 1 aromatic carbocycles. The third-order valence-corrected chi connectivity index (χ3v) is 3.82. The molecule has 3 N–H and O–H groups in total. The molecule has 0 aliphatic heterocycles. The minimum absolute atomic E-state index is 0.132. The van der Waals surface area contributed by atoms with Gasteiger partial charge >= 0.3 is 0 Å². The van der Waals surface area contributed by atoms with Crippen molar-refractivity contribution in [2.24, 2.45) is 4.99 Å². The third kappa shape index (κ3) is 7.70. The Labute approximate surface area is 161 Å². The Kier molecular flexibility index (Phi) is 8.64. The zero-order valence-corrected chi connectivity index (χ0v) is 16.4. The van der Waals surface area contributed by atoms with Crippen molar-refractivity contribution >= 4 is 5.96 Å². The van der Waals surface area contributed by atoms with E-state index >= 15 is 0 Å². The molecular weight excluding hydrogens is 342 g/mol. The molecule has 0 fully saturated rings. The molecule has 2 rings (SSSR count). The lowest BCUT2D eigenvalue weighted by atomic mass is 10.1. The molecule has 0 saturated heterocycles. The van der Waals surface area contributed by atoms with Crippen molar-refractivity contribution in [2.75, 3.05) is 19.6 Å². The molecule has 1 atom stereocenters. The quantitative estimate of drug-likeness (QED) is 0.338. The molecule has 1 unspecified atom stereocenters. The fraction of sp³-hybridized carbons (Fsp3) is 0.500. The van der Waals surface area contributed by atoms with E-state index < -0.39 is 6.10 Å². The van der Waals surface area contributed by atoms with Crippen molar-refractivity contribution in [3.63, 3.8) is 0 Å². The van der Waals surface area contributed by atoms with Crippen LogP contribution in [0.2, 0.25) is 0 Å². The molecule has 0 radical (unpaired) electrons. The molecule has 0 aliphatic rings. The number of benzene rings is 1. The van der Waals surface area contributed by atoms with Crippen LogP contribution >= 0.6 is 0 Å². The van der Waals surface area contributed by atoms with E-state index in [1.54, 1.807) is 6.20 Å². The number of aliphatic imine (C=N–C) groups is 1. The van der Waals surface area contributed by atoms with Crippen molar-refractivity contribution in [2.45, 2.75) is 45.9 Å². The van der Waals surface area contributed by atoms with Gasteiger partial charge in [0.2, 0.25) is 0 Å². The number of ether oxygens (including phenoxy) is 1. The van der Waals surface area contributed by atoms with E-state index in [1.807, 2.05) is 62.0 Å². The largest absolute Gasteiger partial charge is 0.491 e. The van der Waals surface area contributed by atoms with Crippen LogP contribution in [0.1, 0.15) is 38.9 Å². The van der Waals surface area contributed by atoms with E-state index in [4.69, 9.17) is 4.74 Å². The van der Waals surface area contributed by atoms with E-state index in [9.17, 15) is 5.11 Å². The minimum atomic E-state index is -0.655. The summed E-state index contributed by atoms with van der Waals surface area (Å²) < 4.78 is 7.53. The second-order valence-electron chi connectivity index (χ2n) is 6.52. The number of guanidine groups is 1. The lowest BCUT2D eigenvalue weighted by Gasteiger charge is -2.14. The second-order valence-corrected chi connectivity index (χ2v) is 6.52. The number of aliphatic hydroxyl groups excluding tert-OH is 1. The molecule has 0 amide bonds. The fourth-order valence-corrected chi connectivity index (χ4v) is 2.55. The average Bonchev–Trinajstić information content (AvgIpc) is 3.16. The van der Waals surface area contributed by atoms with Gasteiger partial charge in [0.1, 0.15) is 5.75 Å². The number of aliphatic hydroxyl groups is 1. The number of nitrogens with one attached hydrogen (secondary N) is 2. The average molecular weight is 374 g/mol. The Morgan fingerprint density at radius 2 is 2.04 bits per heavy atom. The summed E-state index contributed by atoms with van der Waals surface area (Å²) in [5, 5.41) is 21.1. The lowest BCUT2D eigenvalue weighted by molar-refractivity contribution is 0.186. The zero-order chi connectivity index (χ0) is 19.5. The van der Waals surface area contributed by atoms with Crippen molar-refractivity contribution in [3.8, 4) is 5.75 Å². The number of rotatable bonds is 10. The van der Waals surface area contributed by atoms with Crippen LogP contribution in [0.3, 0.4) is 0 Å². The lowest BCUT2D eigenvalue weighted by Crippen LogP contribution is -2.38. The smallest absolute Gasteiger partial charge is 0.191 e. The Morgan fingerprint density at radius 1 is 1.26 bits per heavy atom. The van der Waals surface area contributed by atoms with Crippen LogP contribution in [0.25, 0.3) is 0 Å². The first-order valence-electron chi connectivity index (χ1n) is 9.52. The summed E-state index contributed by atoms with van der Waals surface area (Å²) in [7, 11) is 0. The molecule has 7 nitrogen and oxygen atoms in total. The summed E-state index contributed by atoms with van der Waals surface area (Å²) in [5.41, 5.74) is 0.824. The van der Waals surface area contributed by atoms with Gasteiger partial charge in [0.05, 0.1) is 18.8 Å². The Bertz CT molecular complexity index is 668. The first kappa shape index (κ1) is 20.8. The third-order valence-electron chi connectivity index (χ3n) is 3.82. The maximum Gasteiger partial charge on any atom is 0.191 e. The van der Waals surface area contributed by atoms with E-state index in [2.05, 4.69) is 20.7 Å². The van der Waals surface area contributed by atoms with Crippen LogP contribution in [0.5, 0.6) is 5.75 Å². The first-order chi connectivity index (χ1) is 13.1. The SMILES string of the molecule is CCNC(=NCC(O)c1ccc(OC(C)C)cc1)NCCCn1cccn1. The number of nitrogens with zero attached hydrogens (tertiary/aromatic N) is 3. The second kappa shape index (κ2) is 11.2. The topological polar surface area (TPSA) is 83.7 Å². The van der Waals surface area contributed by atoms with Crippen LogP contribution < -0.4 is 15.4 Å². The standard InChI is InChI=1S/C20H31N5O2/c1-4-21-20(22-11-5-13-25-14-6-12-24-25)23-15-19(26)17-7-9-18(10-8-17)27-16(2)3/h6-10,12,14,16,19,26H,4-5,11,13,15H2,1-3H3,(H2,21,22,23). The Hall–Kier alpha value is -2.54. The summed E-state index contributed by atoms with van der Waals surface area (Å²) in [4.78, 5) is 4.49. The van der Waals surface area contributed by atoms with E-state index in [1.165, 1.54) is 0 Å². The van der Waals surface area contributed by atoms with Crippen LogP contribution in [-0.2, 0) is 6.54 Å². The fourth-order valence-electron chi connectivity index (χ4n) is 2.55.